The van der Waals surface area contributed by atoms with Crippen LogP contribution < -0.4 is 4.74 Å². The summed E-state index contributed by atoms with van der Waals surface area (Å²) in [5.74, 6) is -0.934. The number of aromatic nitrogens is 1. The fourth-order valence-electron chi connectivity index (χ4n) is 2.17. The molecule has 0 aliphatic heterocycles. The normalized spacial score (nSPS) is 10.3. The van der Waals surface area contributed by atoms with Gasteiger partial charge in [-0.2, -0.15) is 0 Å². The summed E-state index contributed by atoms with van der Waals surface area (Å²) in [4.78, 5) is 28.8. The zero-order chi connectivity index (χ0) is 18.1. The van der Waals surface area contributed by atoms with Gasteiger partial charge in [0, 0.05) is 37.2 Å². The summed E-state index contributed by atoms with van der Waals surface area (Å²) in [5, 5.41) is 8.98. The van der Waals surface area contributed by atoms with Crippen LogP contribution in [0.4, 0.5) is 0 Å². The predicted octanol–water partition coefficient (Wildman–Crippen LogP) is 1.83. The van der Waals surface area contributed by atoms with Crippen LogP contribution in [-0.2, 0) is 16.1 Å². The molecule has 0 bridgehead atoms. The van der Waals surface area contributed by atoms with Crippen molar-refractivity contribution in [3.8, 4) is 5.75 Å². The van der Waals surface area contributed by atoms with Crippen LogP contribution in [0.5, 0.6) is 5.75 Å². The molecule has 25 heavy (non-hydrogen) atoms. The molecule has 7 heteroatoms. The first-order valence-electron chi connectivity index (χ1n) is 7.72. The van der Waals surface area contributed by atoms with E-state index in [1.54, 1.807) is 36.7 Å². The topological polar surface area (TPSA) is 89.0 Å². The quantitative estimate of drug-likeness (QED) is 0.746. The van der Waals surface area contributed by atoms with Crippen molar-refractivity contribution in [3.63, 3.8) is 0 Å². The molecule has 2 aromatic rings. The van der Waals surface area contributed by atoms with Crippen molar-refractivity contribution in [2.45, 2.75) is 6.61 Å². The SMILES string of the molecule is COCCN(CC(=O)O)C(=O)c1cccc(OCc2cccnc2)c1. The van der Waals surface area contributed by atoms with E-state index in [4.69, 9.17) is 14.6 Å². The van der Waals surface area contributed by atoms with Gasteiger partial charge < -0.3 is 19.5 Å². The Balaban J connectivity index is 2.07. The number of hydrogen-bond donors (Lipinski definition) is 1. The molecular formula is C18H20N2O5. The number of carbonyl (C=O) groups is 2. The van der Waals surface area contributed by atoms with Gasteiger partial charge in [0.1, 0.15) is 18.9 Å². The zero-order valence-corrected chi connectivity index (χ0v) is 13.9. The van der Waals surface area contributed by atoms with Crippen molar-refractivity contribution >= 4 is 11.9 Å². The van der Waals surface area contributed by atoms with E-state index in [0.717, 1.165) is 5.56 Å². The molecule has 0 saturated heterocycles. The first-order chi connectivity index (χ1) is 12.1. The second-order valence-corrected chi connectivity index (χ2v) is 5.29. The molecule has 7 nitrogen and oxygen atoms in total. The van der Waals surface area contributed by atoms with Crippen LogP contribution in [0.2, 0.25) is 0 Å². The monoisotopic (exact) mass is 344 g/mol. The third-order valence-electron chi connectivity index (χ3n) is 3.39. The van der Waals surface area contributed by atoms with Crippen molar-refractivity contribution in [2.24, 2.45) is 0 Å². The van der Waals surface area contributed by atoms with E-state index in [-0.39, 0.29) is 25.6 Å². The highest BCUT2D eigenvalue weighted by molar-refractivity contribution is 5.96. The third kappa shape index (κ3) is 5.89. The Bertz CT molecular complexity index is 706. The molecule has 1 aromatic carbocycles. The predicted molar refractivity (Wildman–Crippen MR) is 90.4 cm³/mol. The van der Waals surface area contributed by atoms with E-state index in [1.165, 1.54) is 12.0 Å². The van der Waals surface area contributed by atoms with Gasteiger partial charge in [-0.1, -0.05) is 12.1 Å². The van der Waals surface area contributed by atoms with Gasteiger partial charge in [-0.15, -0.1) is 0 Å². The van der Waals surface area contributed by atoms with E-state index < -0.39 is 5.97 Å². The molecule has 1 aromatic heterocycles. The zero-order valence-electron chi connectivity index (χ0n) is 13.9. The molecule has 0 aliphatic carbocycles. The average Bonchev–Trinajstić information content (AvgIpc) is 2.63. The number of amides is 1. The van der Waals surface area contributed by atoms with Crippen molar-refractivity contribution in [1.29, 1.82) is 0 Å². The van der Waals surface area contributed by atoms with Crippen molar-refractivity contribution in [1.82, 2.24) is 9.88 Å². The van der Waals surface area contributed by atoms with Crippen LogP contribution in [0, 0.1) is 0 Å². The first-order valence-corrected chi connectivity index (χ1v) is 7.72. The van der Waals surface area contributed by atoms with E-state index >= 15 is 0 Å². The molecular weight excluding hydrogens is 324 g/mol. The Morgan fingerprint density at radius 3 is 2.76 bits per heavy atom. The van der Waals surface area contributed by atoms with Crippen molar-refractivity contribution in [2.75, 3.05) is 26.8 Å². The Labute approximate surface area is 145 Å². The number of aliphatic carboxylic acids is 1. The summed E-state index contributed by atoms with van der Waals surface area (Å²) in [5.41, 5.74) is 1.27. The van der Waals surface area contributed by atoms with Gasteiger partial charge in [0.05, 0.1) is 6.61 Å². The maximum absolute atomic E-state index is 12.6. The van der Waals surface area contributed by atoms with Gasteiger partial charge in [0.15, 0.2) is 0 Å². The molecule has 0 atom stereocenters. The minimum absolute atomic E-state index is 0.197. The molecule has 0 spiro atoms. The lowest BCUT2D eigenvalue weighted by Crippen LogP contribution is -2.38. The molecule has 1 amide bonds. The van der Waals surface area contributed by atoms with Gasteiger partial charge in [-0.05, 0) is 24.3 Å². The number of carboxylic acid groups (broad SMARTS) is 1. The lowest BCUT2D eigenvalue weighted by atomic mass is 10.2. The summed E-state index contributed by atoms with van der Waals surface area (Å²) < 4.78 is 10.6. The highest BCUT2D eigenvalue weighted by Crippen LogP contribution is 2.16. The number of benzene rings is 1. The molecule has 1 heterocycles. The minimum atomic E-state index is -1.08. The highest BCUT2D eigenvalue weighted by atomic mass is 16.5. The van der Waals surface area contributed by atoms with E-state index in [1.807, 2.05) is 12.1 Å². The fraction of sp³-hybridized carbons (Fsp3) is 0.278. The maximum Gasteiger partial charge on any atom is 0.323 e. The van der Waals surface area contributed by atoms with E-state index in [2.05, 4.69) is 4.98 Å². The number of rotatable bonds is 9. The summed E-state index contributed by atoms with van der Waals surface area (Å²) >= 11 is 0. The van der Waals surface area contributed by atoms with Gasteiger partial charge in [0.2, 0.25) is 0 Å². The second kappa shape index (κ2) is 9.39. The van der Waals surface area contributed by atoms with E-state index in [0.29, 0.717) is 17.9 Å². The van der Waals surface area contributed by atoms with Crippen LogP contribution in [0.1, 0.15) is 15.9 Å². The third-order valence-corrected chi connectivity index (χ3v) is 3.39. The summed E-state index contributed by atoms with van der Waals surface area (Å²) in [6, 6.07) is 10.4. The molecule has 0 saturated carbocycles. The van der Waals surface area contributed by atoms with E-state index in [9.17, 15) is 9.59 Å². The number of carboxylic acids is 1. The largest absolute Gasteiger partial charge is 0.489 e. The Hall–Kier alpha value is -2.93. The van der Waals surface area contributed by atoms with Crippen LogP contribution in [0.3, 0.4) is 0 Å². The Morgan fingerprint density at radius 1 is 1.24 bits per heavy atom. The minimum Gasteiger partial charge on any atom is -0.489 e. The Morgan fingerprint density at radius 2 is 2.08 bits per heavy atom. The summed E-state index contributed by atoms with van der Waals surface area (Å²) in [6.07, 6.45) is 3.38. The molecule has 1 N–H and O–H groups in total. The van der Waals surface area contributed by atoms with Crippen LogP contribution in [0.25, 0.3) is 0 Å². The average molecular weight is 344 g/mol. The molecule has 0 radical (unpaired) electrons. The maximum atomic E-state index is 12.6. The number of pyridine rings is 1. The van der Waals surface area contributed by atoms with Gasteiger partial charge in [-0.3, -0.25) is 14.6 Å². The number of methoxy groups -OCH3 is 1. The highest BCUT2D eigenvalue weighted by Gasteiger charge is 2.18. The van der Waals surface area contributed by atoms with Crippen molar-refractivity contribution < 1.29 is 24.2 Å². The first kappa shape index (κ1) is 18.4. The van der Waals surface area contributed by atoms with Gasteiger partial charge in [0.25, 0.3) is 5.91 Å². The molecule has 0 unspecified atom stereocenters. The standard InChI is InChI=1S/C18H20N2O5/c1-24-9-8-20(12-17(21)22)18(23)15-5-2-6-16(10-15)25-13-14-4-3-7-19-11-14/h2-7,10-11H,8-9,12-13H2,1H3,(H,21,22). The number of carbonyl (C=O) groups excluding carboxylic acids is 1. The molecule has 2 rings (SSSR count). The molecule has 0 aliphatic rings. The van der Waals surface area contributed by atoms with Crippen molar-refractivity contribution in [3.05, 3.63) is 59.9 Å². The second-order valence-electron chi connectivity index (χ2n) is 5.29. The van der Waals surface area contributed by atoms with Gasteiger partial charge in [-0.25, -0.2) is 0 Å². The summed E-state index contributed by atoms with van der Waals surface area (Å²) in [6.45, 7) is 0.398. The lowest BCUT2D eigenvalue weighted by molar-refractivity contribution is -0.137. The van der Waals surface area contributed by atoms with Crippen LogP contribution in [-0.4, -0.2) is 53.7 Å². The number of hydrogen-bond acceptors (Lipinski definition) is 5. The number of nitrogens with zero attached hydrogens (tertiary/aromatic N) is 2. The van der Waals surface area contributed by atoms with Gasteiger partial charge >= 0.3 is 5.97 Å². The smallest absolute Gasteiger partial charge is 0.323 e. The lowest BCUT2D eigenvalue weighted by Gasteiger charge is -2.20. The Kier molecular flexibility index (Phi) is 6.91. The van der Waals surface area contributed by atoms with Crippen LogP contribution >= 0.6 is 0 Å². The number of ether oxygens (including phenoxy) is 2. The summed E-state index contributed by atoms with van der Waals surface area (Å²) in [7, 11) is 1.50. The molecule has 0 fully saturated rings. The fourth-order valence-corrected chi connectivity index (χ4v) is 2.17. The molecule has 132 valence electrons. The van der Waals surface area contributed by atoms with Crippen LogP contribution in [0.15, 0.2) is 48.8 Å².